The van der Waals surface area contributed by atoms with Crippen molar-refractivity contribution in [2.24, 2.45) is 0 Å². The van der Waals surface area contributed by atoms with Crippen molar-refractivity contribution in [2.45, 2.75) is 26.2 Å². The summed E-state index contributed by atoms with van der Waals surface area (Å²) in [7, 11) is 4.20. The molecule has 112 valence electrons. The van der Waals surface area contributed by atoms with E-state index < -0.39 is 0 Å². The molecule has 0 radical (unpaired) electrons. The van der Waals surface area contributed by atoms with Crippen LogP contribution in [0.2, 0.25) is 0 Å². The van der Waals surface area contributed by atoms with E-state index in [4.69, 9.17) is 0 Å². The van der Waals surface area contributed by atoms with Crippen LogP contribution in [0.15, 0.2) is 30.3 Å². The molecule has 0 aliphatic heterocycles. The number of hydrogen-bond acceptors (Lipinski definition) is 3. The fraction of sp³-hybridized carbons (Fsp3) is 0.588. The van der Waals surface area contributed by atoms with E-state index in [9.17, 15) is 4.79 Å². The highest BCUT2D eigenvalue weighted by Gasteiger charge is 2.08. The largest absolute Gasteiger partial charge is 0.308 e. The Morgan fingerprint density at radius 3 is 2.30 bits per heavy atom. The third kappa shape index (κ3) is 6.83. The zero-order chi connectivity index (χ0) is 14.8. The van der Waals surface area contributed by atoms with Gasteiger partial charge in [-0.1, -0.05) is 37.3 Å². The molecule has 20 heavy (non-hydrogen) atoms. The number of hydrogen-bond donors (Lipinski definition) is 0. The first-order valence-electron chi connectivity index (χ1n) is 7.58. The number of carbonyl (C=O) groups is 1. The molecule has 0 unspecified atom stereocenters. The van der Waals surface area contributed by atoms with Gasteiger partial charge in [-0.3, -0.25) is 4.79 Å². The van der Waals surface area contributed by atoms with E-state index in [2.05, 4.69) is 30.8 Å². The summed E-state index contributed by atoms with van der Waals surface area (Å²) in [5.74, 6) is 0.259. The van der Waals surface area contributed by atoms with Gasteiger partial charge in [-0.15, -0.1) is 0 Å². The molecule has 0 aliphatic rings. The summed E-state index contributed by atoms with van der Waals surface area (Å²) in [5.41, 5.74) is 0.836. The van der Waals surface area contributed by atoms with Gasteiger partial charge < -0.3 is 9.80 Å². The summed E-state index contributed by atoms with van der Waals surface area (Å²) in [6.45, 7) is 6.50. The van der Waals surface area contributed by atoms with Crippen LogP contribution in [-0.4, -0.2) is 55.9 Å². The van der Waals surface area contributed by atoms with E-state index in [0.29, 0.717) is 6.42 Å². The molecule has 3 heteroatoms. The number of benzene rings is 1. The van der Waals surface area contributed by atoms with Crippen molar-refractivity contribution in [3.63, 3.8) is 0 Å². The maximum atomic E-state index is 12.0. The van der Waals surface area contributed by atoms with Crippen molar-refractivity contribution in [1.29, 1.82) is 0 Å². The van der Waals surface area contributed by atoms with E-state index in [1.165, 1.54) is 6.42 Å². The normalized spacial score (nSPS) is 11.2. The van der Waals surface area contributed by atoms with Crippen LogP contribution in [0.1, 0.15) is 36.5 Å². The third-order valence-electron chi connectivity index (χ3n) is 3.38. The summed E-state index contributed by atoms with van der Waals surface area (Å²) in [5, 5.41) is 0. The van der Waals surface area contributed by atoms with Crippen molar-refractivity contribution in [3.05, 3.63) is 35.9 Å². The Kier molecular flexibility index (Phi) is 8.16. The molecule has 0 saturated heterocycles. The Morgan fingerprint density at radius 1 is 1.00 bits per heavy atom. The lowest BCUT2D eigenvalue weighted by molar-refractivity contribution is 0.0974. The van der Waals surface area contributed by atoms with Crippen LogP contribution in [0.3, 0.4) is 0 Å². The molecule has 0 N–H and O–H groups in total. The topological polar surface area (TPSA) is 23.6 Å². The van der Waals surface area contributed by atoms with Gasteiger partial charge in [0.05, 0.1) is 0 Å². The molecule has 0 bridgehead atoms. The number of likely N-dealkylation sites (N-methyl/N-ethyl adjacent to an activating group) is 1. The minimum atomic E-state index is 0.259. The van der Waals surface area contributed by atoms with Gasteiger partial charge in [-0.25, -0.2) is 0 Å². The van der Waals surface area contributed by atoms with Crippen LogP contribution >= 0.6 is 0 Å². The first kappa shape index (κ1) is 16.9. The minimum Gasteiger partial charge on any atom is -0.308 e. The quantitative estimate of drug-likeness (QED) is 0.614. The lowest BCUT2D eigenvalue weighted by Crippen LogP contribution is -2.33. The van der Waals surface area contributed by atoms with Gasteiger partial charge in [0.2, 0.25) is 0 Å². The zero-order valence-electron chi connectivity index (χ0n) is 13.1. The molecule has 1 aromatic rings. The molecule has 1 rings (SSSR count). The number of nitrogens with zero attached hydrogens (tertiary/aromatic N) is 2. The van der Waals surface area contributed by atoms with Gasteiger partial charge in [0.25, 0.3) is 0 Å². The molecule has 0 atom stereocenters. The van der Waals surface area contributed by atoms with Gasteiger partial charge in [0, 0.05) is 25.1 Å². The molecular weight excluding hydrogens is 248 g/mol. The Balaban J connectivity index is 2.31. The average molecular weight is 276 g/mol. The van der Waals surface area contributed by atoms with E-state index in [1.807, 2.05) is 30.3 Å². The minimum absolute atomic E-state index is 0.259. The molecular formula is C17H28N2O. The smallest absolute Gasteiger partial charge is 0.162 e. The predicted octanol–water partition coefficient (Wildman–Crippen LogP) is 2.92. The van der Waals surface area contributed by atoms with Gasteiger partial charge in [-0.05, 0) is 40.0 Å². The number of Topliss-reactive ketones (excluding diaryl/α,β-unsaturated/α-hetero) is 1. The average Bonchev–Trinajstić information content (AvgIpc) is 2.45. The lowest BCUT2D eigenvalue weighted by Gasteiger charge is -2.23. The first-order valence-corrected chi connectivity index (χ1v) is 7.58. The summed E-state index contributed by atoms with van der Waals surface area (Å²) in [6, 6.07) is 9.60. The van der Waals surface area contributed by atoms with Crippen LogP contribution < -0.4 is 0 Å². The van der Waals surface area contributed by atoms with E-state index in [0.717, 1.165) is 38.2 Å². The Bertz CT molecular complexity index is 376. The molecule has 0 heterocycles. The summed E-state index contributed by atoms with van der Waals surface area (Å²) in [4.78, 5) is 16.7. The molecule has 0 saturated carbocycles. The van der Waals surface area contributed by atoms with Crippen molar-refractivity contribution >= 4 is 5.78 Å². The Hall–Kier alpha value is -1.19. The fourth-order valence-electron chi connectivity index (χ4n) is 2.22. The van der Waals surface area contributed by atoms with E-state index in [1.54, 1.807) is 0 Å². The highest BCUT2D eigenvalue weighted by molar-refractivity contribution is 5.95. The van der Waals surface area contributed by atoms with Gasteiger partial charge in [0.1, 0.15) is 0 Å². The molecule has 1 aromatic carbocycles. The van der Waals surface area contributed by atoms with Gasteiger partial charge in [0.15, 0.2) is 5.78 Å². The molecule has 0 aliphatic carbocycles. The number of carbonyl (C=O) groups excluding carboxylic acids is 1. The first-order chi connectivity index (χ1) is 9.63. The van der Waals surface area contributed by atoms with Crippen LogP contribution in [0.5, 0.6) is 0 Å². The van der Waals surface area contributed by atoms with E-state index in [-0.39, 0.29) is 5.78 Å². The van der Waals surface area contributed by atoms with Crippen LogP contribution in [0, 0.1) is 0 Å². The predicted molar refractivity (Wildman–Crippen MR) is 85.3 cm³/mol. The molecule has 0 aromatic heterocycles. The van der Waals surface area contributed by atoms with Crippen molar-refractivity contribution in [2.75, 3.05) is 40.3 Å². The second-order valence-electron chi connectivity index (χ2n) is 5.54. The maximum absolute atomic E-state index is 12.0. The monoisotopic (exact) mass is 276 g/mol. The second-order valence-corrected chi connectivity index (χ2v) is 5.54. The lowest BCUT2D eigenvalue weighted by atomic mass is 10.1. The van der Waals surface area contributed by atoms with Crippen LogP contribution in [0.25, 0.3) is 0 Å². The van der Waals surface area contributed by atoms with Gasteiger partial charge >= 0.3 is 0 Å². The Labute approximate surface area is 123 Å². The van der Waals surface area contributed by atoms with Crippen molar-refractivity contribution in [3.8, 4) is 0 Å². The maximum Gasteiger partial charge on any atom is 0.162 e. The molecule has 0 spiro atoms. The highest BCUT2D eigenvalue weighted by atomic mass is 16.1. The van der Waals surface area contributed by atoms with E-state index >= 15 is 0 Å². The molecule has 3 nitrogen and oxygen atoms in total. The zero-order valence-corrected chi connectivity index (χ0v) is 13.1. The SMILES string of the molecule is CCCN(CCCC(=O)c1ccccc1)CCN(C)C. The second kappa shape index (κ2) is 9.67. The fourth-order valence-corrected chi connectivity index (χ4v) is 2.22. The molecule has 0 fully saturated rings. The van der Waals surface area contributed by atoms with Crippen molar-refractivity contribution in [1.82, 2.24) is 9.80 Å². The highest BCUT2D eigenvalue weighted by Crippen LogP contribution is 2.06. The van der Waals surface area contributed by atoms with Gasteiger partial charge in [-0.2, -0.15) is 0 Å². The number of ketones is 1. The summed E-state index contributed by atoms with van der Waals surface area (Å²) in [6.07, 6.45) is 2.76. The standard InChI is InChI=1S/C17H28N2O/c1-4-12-19(15-14-18(2)3)13-8-11-17(20)16-9-6-5-7-10-16/h5-7,9-10H,4,8,11-15H2,1-3H3. The summed E-state index contributed by atoms with van der Waals surface area (Å²) < 4.78 is 0. The number of rotatable bonds is 10. The molecule has 0 amide bonds. The third-order valence-corrected chi connectivity index (χ3v) is 3.38. The van der Waals surface area contributed by atoms with Crippen molar-refractivity contribution < 1.29 is 4.79 Å². The van der Waals surface area contributed by atoms with Crippen LogP contribution in [-0.2, 0) is 0 Å². The summed E-state index contributed by atoms with van der Waals surface area (Å²) >= 11 is 0. The Morgan fingerprint density at radius 2 is 1.70 bits per heavy atom. The van der Waals surface area contributed by atoms with Crippen LogP contribution in [0.4, 0.5) is 0 Å².